The number of ether oxygens (including phenoxy) is 1. The van der Waals surface area contributed by atoms with Crippen LogP contribution in [0.5, 0.6) is 5.75 Å². The van der Waals surface area contributed by atoms with E-state index >= 15 is 0 Å². The third kappa shape index (κ3) is 4.24. The van der Waals surface area contributed by atoms with Gasteiger partial charge >= 0.3 is 0 Å². The molecule has 0 amide bonds. The minimum Gasteiger partial charge on any atom is -0.497 e. The Balaban J connectivity index is 1.83. The molecule has 3 rings (SSSR count). The quantitative estimate of drug-likeness (QED) is 0.679. The fraction of sp³-hybridized carbons (Fsp3) is 0.421. The van der Waals surface area contributed by atoms with Gasteiger partial charge in [0.25, 0.3) is 0 Å². The Hall–Kier alpha value is -1.13. The van der Waals surface area contributed by atoms with Crippen molar-refractivity contribution in [3.63, 3.8) is 0 Å². The summed E-state index contributed by atoms with van der Waals surface area (Å²) in [6.07, 6.45) is 7.47. The Kier molecular flexibility index (Phi) is 5.90. The van der Waals surface area contributed by atoms with Gasteiger partial charge in [0, 0.05) is 15.4 Å². The lowest BCUT2D eigenvalue weighted by molar-refractivity contribution is -0.112. The van der Waals surface area contributed by atoms with Crippen molar-refractivity contribution < 1.29 is 9.53 Å². The summed E-state index contributed by atoms with van der Waals surface area (Å²) in [7, 11) is 1.67. The molecule has 0 aromatic heterocycles. The molecule has 122 valence electrons. The standard InChI is InChI=1S/C19H22O2S2/c1-21-16-9-7-14(8-10-16)13-15-5-4-6-17(18(15)20)19-22-11-2-3-12-23-19/h7-10,13H,2-6,11-12H2,1H3/b15-13+. The molecular weight excluding hydrogens is 324 g/mol. The van der Waals surface area contributed by atoms with Gasteiger partial charge < -0.3 is 4.74 Å². The Morgan fingerprint density at radius 2 is 1.70 bits per heavy atom. The lowest BCUT2D eigenvalue weighted by Gasteiger charge is -2.19. The van der Waals surface area contributed by atoms with Crippen LogP contribution in [0.2, 0.25) is 0 Å². The van der Waals surface area contributed by atoms with Gasteiger partial charge in [-0.1, -0.05) is 12.1 Å². The van der Waals surface area contributed by atoms with Crippen LogP contribution >= 0.6 is 23.5 Å². The Morgan fingerprint density at radius 3 is 2.35 bits per heavy atom. The van der Waals surface area contributed by atoms with Crippen LogP contribution in [0.1, 0.15) is 37.7 Å². The number of ketones is 1. The second-order valence-electron chi connectivity index (χ2n) is 5.80. The molecule has 1 saturated heterocycles. The van der Waals surface area contributed by atoms with E-state index in [1.165, 1.54) is 17.1 Å². The van der Waals surface area contributed by atoms with Gasteiger partial charge in [-0.05, 0) is 67.4 Å². The predicted octanol–water partition coefficient (Wildman–Crippen LogP) is 5.30. The fourth-order valence-corrected chi connectivity index (χ4v) is 5.50. The number of thioether (sulfide) groups is 2. The van der Waals surface area contributed by atoms with Crippen LogP contribution in [-0.2, 0) is 4.79 Å². The SMILES string of the molecule is COc1ccc(/C=C2\CCCC(=C3SCCCCS3)C2=O)cc1. The third-order valence-electron chi connectivity index (χ3n) is 4.15. The number of carbonyl (C=O) groups excluding carboxylic acids is 1. The molecule has 1 aliphatic carbocycles. The second-order valence-corrected chi connectivity index (χ2v) is 8.26. The minimum atomic E-state index is 0.268. The van der Waals surface area contributed by atoms with Crippen LogP contribution < -0.4 is 4.74 Å². The number of Topliss-reactive ketones (excluding diaryl/α,β-unsaturated/α-hetero) is 1. The first-order valence-electron chi connectivity index (χ1n) is 8.16. The molecule has 1 saturated carbocycles. The highest BCUT2D eigenvalue weighted by Crippen LogP contribution is 2.40. The van der Waals surface area contributed by atoms with E-state index in [2.05, 4.69) is 0 Å². The number of carbonyl (C=O) groups is 1. The van der Waals surface area contributed by atoms with Gasteiger partial charge in [0.15, 0.2) is 5.78 Å². The first kappa shape index (κ1) is 16.7. The van der Waals surface area contributed by atoms with Crippen LogP contribution in [0, 0.1) is 0 Å². The second kappa shape index (κ2) is 8.11. The van der Waals surface area contributed by atoms with Gasteiger partial charge in [0.2, 0.25) is 0 Å². The van der Waals surface area contributed by atoms with Gasteiger partial charge in [0.1, 0.15) is 5.75 Å². The highest BCUT2D eigenvalue weighted by atomic mass is 32.2. The van der Waals surface area contributed by atoms with E-state index in [1.54, 1.807) is 7.11 Å². The van der Waals surface area contributed by atoms with Crippen LogP contribution in [0.3, 0.4) is 0 Å². The number of hydrogen-bond acceptors (Lipinski definition) is 4. The number of methoxy groups -OCH3 is 1. The van der Waals surface area contributed by atoms with E-state index in [0.717, 1.165) is 53.2 Å². The van der Waals surface area contributed by atoms with Gasteiger partial charge in [0.05, 0.1) is 7.11 Å². The average molecular weight is 347 g/mol. The first-order valence-corrected chi connectivity index (χ1v) is 10.1. The van der Waals surface area contributed by atoms with Crippen molar-refractivity contribution in [2.45, 2.75) is 32.1 Å². The fourth-order valence-electron chi connectivity index (χ4n) is 2.86. The Morgan fingerprint density at radius 1 is 1.00 bits per heavy atom. The molecule has 2 aliphatic rings. The number of rotatable bonds is 2. The minimum absolute atomic E-state index is 0.268. The van der Waals surface area contributed by atoms with E-state index in [-0.39, 0.29) is 5.78 Å². The molecule has 0 N–H and O–H groups in total. The van der Waals surface area contributed by atoms with Gasteiger partial charge in [-0.25, -0.2) is 0 Å². The van der Waals surface area contributed by atoms with Gasteiger partial charge in [-0.3, -0.25) is 4.79 Å². The van der Waals surface area contributed by atoms with Gasteiger partial charge in [-0.15, -0.1) is 23.5 Å². The summed E-state index contributed by atoms with van der Waals surface area (Å²) < 4.78 is 6.47. The molecule has 0 unspecified atom stereocenters. The molecular formula is C19H22O2S2. The van der Waals surface area contributed by atoms with Crippen molar-refractivity contribution >= 4 is 35.4 Å². The van der Waals surface area contributed by atoms with Crippen molar-refractivity contribution in [1.29, 1.82) is 0 Å². The lowest BCUT2D eigenvalue weighted by Crippen LogP contribution is -2.13. The average Bonchev–Trinajstić information content (AvgIpc) is 2.87. The van der Waals surface area contributed by atoms with Crippen LogP contribution in [0.25, 0.3) is 6.08 Å². The summed E-state index contributed by atoms with van der Waals surface area (Å²) >= 11 is 3.77. The van der Waals surface area contributed by atoms with Gasteiger partial charge in [-0.2, -0.15) is 0 Å². The van der Waals surface area contributed by atoms with Crippen LogP contribution in [0.15, 0.2) is 39.6 Å². The number of hydrogen-bond donors (Lipinski definition) is 0. The maximum absolute atomic E-state index is 12.9. The molecule has 0 atom stereocenters. The van der Waals surface area contributed by atoms with Crippen molar-refractivity contribution in [2.24, 2.45) is 0 Å². The maximum atomic E-state index is 12.9. The zero-order valence-corrected chi connectivity index (χ0v) is 15.1. The van der Waals surface area contributed by atoms with Crippen molar-refractivity contribution in [1.82, 2.24) is 0 Å². The Labute approximate surface area is 146 Å². The summed E-state index contributed by atoms with van der Waals surface area (Å²) in [6, 6.07) is 7.90. The number of allylic oxidation sites excluding steroid dienone is 2. The molecule has 4 heteroatoms. The largest absolute Gasteiger partial charge is 0.497 e. The van der Waals surface area contributed by atoms with E-state index in [4.69, 9.17) is 4.74 Å². The highest BCUT2D eigenvalue weighted by Gasteiger charge is 2.24. The van der Waals surface area contributed by atoms with Crippen LogP contribution in [0.4, 0.5) is 0 Å². The predicted molar refractivity (Wildman–Crippen MR) is 101 cm³/mol. The van der Waals surface area contributed by atoms with Crippen molar-refractivity contribution in [3.05, 3.63) is 45.2 Å². The summed E-state index contributed by atoms with van der Waals surface area (Å²) in [5.74, 6) is 3.41. The highest BCUT2D eigenvalue weighted by molar-refractivity contribution is 8.22. The first-order chi connectivity index (χ1) is 11.3. The van der Waals surface area contributed by atoms with Crippen LogP contribution in [-0.4, -0.2) is 24.4 Å². The molecule has 1 heterocycles. The molecule has 0 radical (unpaired) electrons. The zero-order valence-electron chi connectivity index (χ0n) is 13.5. The molecule has 0 spiro atoms. The zero-order chi connectivity index (χ0) is 16.1. The molecule has 0 bridgehead atoms. The van der Waals surface area contributed by atoms with E-state index in [1.807, 2.05) is 53.9 Å². The summed E-state index contributed by atoms with van der Waals surface area (Å²) in [5, 5.41) is 0. The third-order valence-corrected chi connectivity index (χ3v) is 6.86. The normalized spacial score (nSPS) is 21.4. The molecule has 2 fully saturated rings. The molecule has 1 aliphatic heterocycles. The Bertz CT molecular complexity index is 619. The molecule has 2 nitrogen and oxygen atoms in total. The maximum Gasteiger partial charge on any atom is 0.186 e. The van der Waals surface area contributed by atoms with E-state index in [9.17, 15) is 4.79 Å². The molecule has 23 heavy (non-hydrogen) atoms. The molecule has 1 aromatic carbocycles. The monoisotopic (exact) mass is 346 g/mol. The summed E-state index contributed by atoms with van der Waals surface area (Å²) in [6.45, 7) is 0. The summed E-state index contributed by atoms with van der Waals surface area (Å²) in [5.41, 5.74) is 3.09. The smallest absolute Gasteiger partial charge is 0.186 e. The molecule has 1 aromatic rings. The van der Waals surface area contributed by atoms with E-state index in [0.29, 0.717) is 0 Å². The van der Waals surface area contributed by atoms with Crippen molar-refractivity contribution in [3.8, 4) is 5.75 Å². The lowest BCUT2D eigenvalue weighted by atomic mass is 9.88. The summed E-state index contributed by atoms with van der Waals surface area (Å²) in [4.78, 5) is 12.9. The topological polar surface area (TPSA) is 26.3 Å². The van der Waals surface area contributed by atoms with Crippen molar-refractivity contribution in [2.75, 3.05) is 18.6 Å². The number of benzene rings is 1. The van der Waals surface area contributed by atoms with E-state index < -0.39 is 0 Å².